The molecule has 0 atom stereocenters. The molecule has 3 rings (SSSR count). The van der Waals surface area contributed by atoms with Gasteiger partial charge in [-0.05, 0) is 49.6 Å². The monoisotopic (exact) mass is 376 g/mol. The lowest BCUT2D eigenvalue weighted by atomic mass is 10.0. The first-order chi connectivity index (χ1) is 13.4. The Bertz CT molecular complexity index is 1040. The molecule has 0 unspecified atom stereocenters. The van der Waals surface area contributed by atoms with Gasteiger partial charge in [0, 0.05) is 19.5 Å². The lowest BCUT2D eigenvalue weighted by molar-refractivity contribution is -0.114. The summed E-state index contributed by atoms with van der Waals surface area (Å²) in [4.78, 5) is 23.4. The Morgan fingerprint density at radius 3 is 2.54 bits per heavy atom. The molecule has 2 amide bonds. The molecule has 0 radical (unpaired) electrons. The van der Waals surface area contributed by atoms with E-state index in [-0.39, 0.29) is 11.8 Å². The minimum Gasteiger partial charge on any atom is -0.355 e. The summed E-state index contributed by atoms with van der Waals surface area (Å²) in [6, 6.07) is 15.6. The van der Waals surface area contributed by atoms with E-state index in [2.05, 4.69) is 21.8 Å². The van der Waals surface area contributed by atoms with Crippen LogP contribution in [0.25, 0.3) is 5.69 Å². The average Bonchev–Trinajstić information content (AvgIpc) is 2.95. The number of nitrogens with zero attached hydrogens (tertiary/aromatic N) is 2. The van der Waals surface area contributed by atoms with Gasteiger partial charge in [-0.15, -0.1) is 0 Å². The van der Waals surface area contributed by atoms with Crippen LogP contribution in [0.2, 0.25) is 0 Å². The number of hydrogen-bond donors (Lipinski definition) is 2. The van der Waals surface area contributed by atoms with E-state index >= 15 is 0 Å². The van der Waals surface area contributed by atoms with E-state index in [0.717, 1.165) is 33.9 Å². The molecular formula is C22H24N4O2. The number of aryl methyl sites for hydroxylation is 1. The maximum Gasteiger partial charge on any atom is 0.251 e. The van der Waals surface area contributed by atoms with Gasteiger partial charge in [-0.1, -0.05) is 30.3 Å². The summed E-state index contributed by atoms with van der Waals surface area (Å²) in [5.41, 5.74) is 6.09. The molecule has 28 heavy (non-hydrogen) atoms. The molecule has 0 aliphatic heterocycles. The molecule has 0 fully saturated rings. The first-order valence-electron chi connectivity index (χ1n) is 9.13. The average molecular weight is 376 g/mol. The van der Waals surface area contributed by atoms with E-state index in [0.29, 0.717) is 12.0 Å². The van der Waals surface area contributed by atoms with Crippen LogP contribution < -0.4 is 10.6 Å². The highest BCUT2D eigenvalue weighted by molar-refractivity contribution is 5.94. The molecule has 1 heterocycles. The van der Waals surface area contributed by atoms with Crippen LogP contribution in [0, 0.1) is 13.8 Å². The lowest BCUT2D eigenvalue weighted by Gasteiger charge is -2.12. The molecule has 1 aromatic heterocycles. The summed E-state index contributed by atoms with van der Waals surface area (Å²) in [5.74, 6) is -0.223. The Morgan fingerprint density at radius 1 is 1.07 bits per heavy atom. The van der Waals surface area contributed by atoms with Crippen molar-refractivity contribution in [3.63, 3.8) is 0 Å². The van der Waals surface area contributed by atoms with Crippen molar-refractivity contribution < 1.29 is 9.59 Å². The van der Waals surface area contributed by atoms with E-state index in [9.17, 15) is 9.59 Å². The first kappa shape index (κ1) is 19.4. The molecular weight excluding hydrogens is 352 g/mol. The minimum absolute atomic E-state index is 0.103. The lowest BCUT2D eigenvalue weighted by Crippen LogP contribution is -2.17. The Balaban J connectivity index is 1.99. The number of nitrogens with one attached hydrogen (secondary N) is 2. The quantitative estimate of drug-likeness (QED) is 0.717. The predicted molar refractivity (Wildman–Crippen MR) is 110 cm³/mol. The van der Waals surface area contributed by atoms with Crippen LogP contribution in [0.5, 0.6) is 0 Å². The summed E-state index contributed by atoms with van der Waals surface area (Å²) in [6.07, 6.45) is 0.662. The van der Waals surface area contributed by atoms with E-state index in [4.69, 9.17) is 0 Å². The summed E-state index contributed by atoms with van der Waals surface area (Å²) in [6.45, 7) is 5.31. The third-order valence-electron chi connectivity index (χ3n) is 4.62. The number of hydrogen-bond acceptors (Lipinski definition) is 3. The van der Waals surface area contributed by atoms with Crippen molar-refractivity contribution in [1.82, 2.24) is 15.1 Å². The van der Waals surface area contributed by atoms with E-state index in [1.54, 1.807) is 13.1 Å². The van der Waals surface area contributed by atoms with Crippen LogP contribution in [0.15, 0.2) is 48.5 Å². The summed E-state index contributed by atoms with van der Waals surface area (Å²) in [7, 11) is 1.62. The maximum atomic E-state index is 11.9. The molecule has 2 N–H and O–H groups in total. The number of rotatable bonds is 5. The SMILES string of the molecule is CNC(=O)c1cccc(Cc2ccccc2-n2nc(C)c(NC(C)=O)c2C)c1. The van der Waals surface area contributed by atoms with Crippen molar-refractivity contribution in [3.05, 3.63) is 76.6 Å². The van der Waals surface area contributed by atoms with Gasteiger partial charge in [0.15, 0.2) is 0 Å². The van der Waals surface area contributed by atoms with Gasteiger partial charge in [-0.3, -0.25) is 9.59 Å². The van der Waals surface area contributed by atoms with E-state index < -0.39 is 0 Å². The van der Waals surface area contributed by atoms with Crippen molar-refractivity contribution in [2.75, 3.05) is 12.4 Å². The third-order valence-corrected chi connectivity index (χ3v) is 4.62. The van der Waals surface area contributed by atoms with Gasteiger partial charge < -0.3 is 10.6 Å². The fraction of sp³-hybridized carbons (Fsp3) is 0.227. The molecule has 0 bridgehead atoms. The fourth-order valence-corrected chi connectivity index (χ4v) is 3.29. The fourth-order valence-electron chi connectivity index (χ4n) is 3.29. The molecule has 6 heteroatoms. The predicted octanol–water partition coefficient (Wildman–Crippen LogP) is 3.40. The van der Waals surface area contributed by atoms with Gasteiger partial charge in [0.25, 0.3) is 5.91 Å². The van der Waals surface area contributed by atoms with Crippen LogP contribution >= 0.6 is 0 Å². The first-order valence-corrected chi connectivity index (χ1v) is 9.13. The zero-order valence-corrected chi connectivity index (χ0v) is 16.5. The summed E-state index contributed by atoms with van der Waals surface area (Å²) in [5, 5.41) is 10.1. The molecule has 0 spiro atoms. The van der Waals surface area contributed by atoms with Crippen molar-refractivity contribution in [2.45, 2.75) is 27.2 Å². The van der Waals surface area contributed by atoms with Crippen LogP contribution in [-0.2, 0) is 11.2 Å². The number of anilines is 1. The largest absolute Gasteiger partial charge is 0.355 e. The molecule has 0 aliphatic rings. The van der Waals surface area contributed by atoms with Crippen molar-refractivity contribution >= 4 is 17.5 Å². The molecule has 0 saturated carbocycles. The normalized spacial score (nSPS) is 10.6. The number of carbonyl (C=O) groups excluding carboxylic acids is 2. The minimum atomic E-state index is -0.120. The smallest absolute Gasteiger partial charge is 0.251 e. The van der Waals surface area contributed by atoms with Gasteiger partial charge in [-0.25, -0.2) is 4.68 Å². The van der Waals surface area contributed by atoms with Gasteiger partial charge in [0.1, 0.15) is 0 Å². The highest BCUT2D eigenvalue weighted by Crippen LogP contribution is 2.26. The van der Waals surface area contributed by atoms with Gasteiger partial charge >= 0.3 is 0 Å². The molecule has 0 aliphatic carbocycles. The highest BCUT2D eigenvalue weighted by Gasteiger charge is 2.16. The Kier molecular flexibility index (Phi) is 5.59. The third kappa shape index (κ3) is 3.96. The number of amides is 2. The molecule has 2 aromatic carbocycles. The maximum absolute atomic E-state index is 11.9. The van der Waals surface area contributed by atoms with E-state index in [1.165, 1.54) is 6.92 Å². The number of aromatic nitrogens is 2. The van der Waals surface area contributed by atoms with E-state index in [1.807, 2.05) is 54.9 Å². The Morgan fingerprint density at radius 2 is 1.82 bits per heavy atom. The van der Waals surface area contributed by atoms with Crippen LogP contribution in [0.1, 0.15) is 39.8 Å². The highest BCUT2D eigenvalue weighted by atomic mass is 16.2. The number of para-hydroxylation sites is 1. The Labute approximate surface area is 164 Å². The second-order valence-electron chi connectivity index (χ2n) is 6.72. The number of carbonyl (C=O) groups is 2. The van der Waals surface area contributed by atoms with Crippen molar-refractivity contribution in [1.29, 1.82) is 0 Å². The molecule has 0 saturated heterocycles. The van der Waals surface area contributed by atoms with Gasteiger partial charge in [0.05, 0.1) is 22.8 Å². The summed E-state index contributed by atoms with van der Waals surface area (Å²) >= 11 is 0. The second kappa shape index (κ2) is 8.08. The van der Waals surface area contributed by atoms with Crippen LogP contribution in [0.4, 0.5) is 5.69 Å². The zero-order chi connectivity index (χ0) is 20.3. The van der Waals surface area contributed by atoms with Crippen molar-refractivity contribution in [2.24, 2.45) is 0 Å². The Hall–Kier alpha value is -3.41. The second-order valence-corrected chi connectivity index (χ2v) is 6.72. The topological polar surface area (TPSA) is 76.0 Å². The molecule has 144 valence electrons. The molecule has 6 nitrogen and oxygen atoms in total. The van der Waals surface area contributed by atoms with Gasteiger partial charge in [0.2, 0.25) is 5.91 Å². The van der Waals surface area contributed by atoms with Gasteiger partial charge in [-0.2, -0.15) is 5.10 Å². The number of benzene rings is 2. The van der Waals surface area contributed by atoms with Crippen LogP contribution in [-0.4, -0.2) is 28.6 Å². The zero-order valence-electron chi connectivity index (χ0n) is 16.5. The standard InChI is InChI=1S/C22H24N4O2/c1-14-21(24-16(3)27)15(2)26(25-14)20-11-6-5-9-18(20)12-17-8-7-10-19(13-17)22(28)23-4/h5-11,13H,12H2,1-4H3,(H,23,28)(H,24,27). The van der Waals surface area contributed by atoms with Crippen LogP contribution in [0.3, 0.4) is 0 Å². The summed E-state index contributed by atoms with van der Waals surface area (Å²) < 4.78 is 1.86. The molecule has 3 aromatic rings. The van der Waals surface area contributed by atoms with Crippen molar-refractivity contribution in [3.8, 4) is 5.69 Å².